The van der Waals surface area contributed by atoms with E-state index in [0.717, 1.165) is 31.6 Å². The van der Waals surface area contributed by atoms with Crippen molar-refractivity contribution in [2.45, 2.75) is 33.7 Å². The predicted molar refractivity (Wildman–Crippen MR) is 121 cm³/mol. The molecule has 148 valence electrons. The van der Waals surface area contributed by atoms with Gasteiger partial charge in [-0.2, -0.15) is 5.10 Å². The number of fused-ring (bicyclic) bond motifs is 1. The maximum atomic E-state index is 12.9. The highest BCUT2D eigenvalue weighted by Gasteiger charge is 2.18. The summed E-state index contributed by atoms with van der Waals surface area (Å²) in [4.78, 5) is 23.2. The Morgan fingerprint density at radius 2 is 1.90 bits per heavy atom. The molecule has 8 heteroatoms. The minimum atomic E-state index is -0.217. The Kier molecular flexibility index (Phi) is 5.23. The Balaban J connectivity index is 1.62. The highest BCUT2D eigenvalue weighted by Crippen LogP contribution is 2.31. The van der Waals surface area contributed by atoms with Gasteiger partial charge in [0.15, 0.2) is 10.8 Å². The summed E-state index contributed by atoms with van der Waals surface area (Å²) in [7, 11) is 0. The quantitative estimate of drug-likeness (QED) is 0.411. The summed E-state index contributed by atoms with van der Waals surface area (Å²) in [5.41, 5.74) is 3.87. The van der Waals surface area contributed by atoms with Gasteiger partial charge < -0.3 is 0 Å². The van der Waals surface area contributed by atoms with E-state index in [-0.39, 0.29) is 11.9 Å². The third-order valence-corrected chi connectivity index (χ3v) is 6.04. The predicted octanol–water partition coefficient (Wildman–Crippen LogP) is 5.77. The van der Waals surface area contributed by atoms with Crippen LogP contribution in [0.3, 0.4) is 0 Å². The Bertz CT molecular complexity index is 1210. The lowest BCUT2D eigenvalue weighted by molar-refractivity contribution is 0.102. The van der Waals surface area contributed by atoms with E-state index < -0.39 is 0 Å². The number of thiazole rings is 1. The van der Waals surface area contributed by atoms with Crippen LogP contribution in [0.1, 0.15) is 40.8 Å². The van der Waals surface area contributed by atoms with Gasteiger partial charge in [0.05, 0.1) is 23.1 Å². The van der Waals surface area contributed by atoms with Gasteiger partial charge in [-0.25, -0.2) is 14.6 Å². The molecule has 4 rings (SSSR count). The molecule has 0 aliphatic rings. The number of carbonyl (C=O) groups excluding carboxylic acids is 1. The molecule has 6 nitrogen and oxygen atoms in total. The van der Waals surface area contributed by atoms with Crippen molar-refractivity contribution < 1.29 is 4.79 Å². The third-order valence-electron chi connectivity index (χ3n) is 4.63. The number of benzene rings is 1. The van der Waals surface area contributed by atoms with E-state index >= 15 is 0 Å². The first-order valence-electron chi connectivity index (χ1n) is 9.23. The van der Waals surface area contributed by atoms with Gasteiger partial charge in [0, 0.05) is 26.3 Å². The van der Waals surface area contributed by atoms with E-state index in [9.17, 15) is 4.79 Å². The van der Waals surface area contributed by atoms with Gasteiger partial charge >= 0.3 is 0 Å². The maximum absolute atomic E-state index is 12.9. The number of halogens is 1. The molecule has 3 heterocycles. The lowest BCUT2D eigenvalue weighted by Gasteiger charge is -2.09. The smallest absolute Gasteiger partial charge is 0.259 e. The van der Waals surface area contributed by atoms with Crippen LogP contribution in [0, 0.1) is 13.8 Å². The Labute approximate surface area is 181 Å². The average molecular weight is 470 g/mol. The van der Waals surface area contributed by atoms with Gasteiger partial charge in [-0.05, 0) is 45.9 Å². The van der Waals surface area contributed by atoms with Gasteiger partial charge in [0.1, 0.15) is 0 Å². The van der Waals surface area contributed by atoms with Crippen LogP contribution in [0.25, 0.3) is 22.3 Å². The molecule has 0 bridgehead atoms. The summed E-state index contributed by atoms with van der Waals surface area (Å²) < 4.78 is 2.88. The number of carbonyl (C=O) groups is 1. The molecule has 1 aromatic carbocycles. The highest BCUT2D eigenvalue weighted by atomic mass is 79.9. The zero-order chi connectivity index (χ0) is 20.7. The summed E-state index contributed by atoms with van der Waals surface area (Å²) in [6.45, 7) is 7.95. The van der Waals surface area contributed by atoms with Crippen molar-refractivity contribution >= 4 is 49.3 Å². The molecule has 29 heavy (non-hydrogen) atoms. The van der Waals surface area contributed by atoms with Crippen molar-refractivity contribution in [2.75, 3.05) is 5.32 Å². The van der Waals surface area contributed by atoms with Crippen LogP contribution in [0.5, 0.6) is 0 Å². The first kappa shape index (κ1) is 19.7. The van der Waals surface area contributed by atoms with Gasteiger partial charge in [0.2, 0.25) is 0 Å². The second-order valence-electron chi connectivity index (χ2n) is 7.10. The standard InChI is InChI=1S/C21H20BrN5OS/c1-11(2)27-19-15(10-23-27)9-17(12(3)24-19)20(28)26-21-25-18(13(4)29-21)14-5-7-16(22)8-6-14/h5-11H,1-4H3,(H,25,26,28). The van der Waals surface area contributed by atoms with E-state index in [1.807, 2.05) is 48.9 Å². The molecule has 0 atom stereocenters. The van der Waals surface area contributed by atoms with Crippen LogP contribution in [0.15, 0.2) is 41.0 Å². The van der Waals surface area contributed by atoms with Gasteiger partial charge in [-0.15, -0.1) is 11.3 Å². The molecule has 0 saturated heterocycles. The highest BCUT2D eigenvalue weighted by molar-refractivity contribution is 9.10. The summed E-state index contributed by atoms with van der Waals surface area (Å²) in [5.74, 6) is -0.217. The molecule has 0 saturated carbocycles. The molecule has 1 N–H and O–H groups in total. The number of hydrogen-bond donors (Lipinski definition) is 1. The number of nitrogens with zero attached hydrogens (tertiary/aromatic N) is 4. The van der Waals surface area contributed by atoms with Crippen molar-refractivity contribution in [2.24, 2.45) is 0 Å². The van der Waals surface area contributed by atoms with E-state index in [1.165, 1.54) is 11.3 Å². The van der Waals surface area contributed by atoms with E-state index in [2.05, 4.69) is 50.2 Å². The number of hydrogen-bond acceptors (Lipinski definition) is 5. The Morgan fingerprint density at radius 3 is 2.59 bits per heavy atom. The number of amides is 1. The molecule has 4 aromatic rings. The molecule has 0 radical (unpaired) electrons. The van der Waals surface area contributed by atoms with Crippen LogP contribution in [-0.2, 0) is 0 Å². The number of rotatable bonds is 4. The van der Waals surface area contributed by atoms with Crippen molar-refractivity contribution in [3.63, 3.8) is 0 Å². The van der Waals surface area contributed by atoms with Crippen LogP contribution in [-0.4, -0.2) is 25.7 Å². The first-order valence-corrected chi connectivity index (χ1v) is 10.8. The number of pyridine rings is 1. The van der Waals surface area contributed by atoms with Crippen molar-refractivity contribution in [3.05, 3.63) is 57.1 Å². The second kappa shape index (κ2) is 7.68. The van der Waals surface area contributed by atoms with Gasteiger partial charge in [0.25, 0.3) is 5.91 Å². The summed E-state index contributed by atoms with van der Waals surface area (Å²) in [6.07, 6.45) is 1.75. The minimum absolute atomic E-state index is 0.203. The maximum Gasteiger partial charge on any atom is 0.259 e. The fourth-order valence-corrected chi connectivity index (χ4v) is 4.26. The zero-order valence-electron chi connectivity index (χ0n) is 16.5. The fraction of sp³-hybridized carbons (Fsp3) is 0.238. The zero-order valence-corrected chi connectivity index (χ0v) is 18.9. The molecule has 0 unspecified atom stereocenters. The molecule has 1 amide bonds. The first-order chi connectivity index (χ1) is 13.8. The molecule has 0 aliphatic heterocycles. The molecule has 3 aromatic heterocycles. The van der Waals surface area contributed by atoms with Crippen molar-refractivity contribution in [1.82, 2.24) is 19.7 Å². The lowest BCUT2D eigenvalue weighted by Crippen LogP contribution is -2.14. The summed E-state index contributed by atoms with van der Waals surface area (Å²) in [5, 5.41) is 8.73. The number of aromatic nitrogens is 4. The van der Waals surface area contributed by atoms with Gasteiger partial charge in [-0.3, -0.25) is 10.1 Å². The number of nitrogens with one attached hydrogen (secondary N) is 1. The minimum Gasteiger partial charge on any atom is -0.298 e. The Morgan fingerprint density at radius 1 is 1.17 bits per heavy atom. The molecule has 0 aliphatic carbocycles. The van der Waals surface area contributed by atoms with E-state index in [0.29, 0.717) is 16.4 Å². The largest absolute Gasteiger partial charge is 0.298 e. The molecule has 0 fully saturated rings. The van der Waals surface area contributed by atoms with Crippen LogP contribution in [0.2, 0.25) is 0 Å². The monoisotopic (exact) mass is 469 g/mol. The second-order valence-corrected chi connectivity index (χ2v) is 9.22. The SMILES string of the molecule is Cc1nc2c(cnn2C(C)C)cc1C(=O)Nc1nc(-c2ccc(Br)cc2)c(C)s1. The van der Waals surface area contributed by atoms with Crippen LogP contribution >= 0.6 is 27.3 Å². The van der Waals surface area contributed by atoms with E-state index in [1.54, 1.807) is 6.20 Å². The number of aryl methyl sites for hydroxylation is 2. The summed E-state index contributed by atoms with van der Waals surface area (Å²) >= 11 is 4.91. The van der Waals surface area contributed by atoms with E-state index in [4.69, 9.17) is 0 Å². The van der Waals surface area contributed by atoms with Crippen molar-refractivity contribution in [3.8, 4) is 11.3 Å². The number of anilines is 1. The van der Waals surface area contributed by atoms with Gasteiger partial charge in [-0.1, -0.05) is 28.1 Å². The third kappa shape index (κ3) is 3.82. The average Bonchev–Trinajstić information content (AvgIpc) is 3.24. The Hall–Kier alpha value is -2.58. The molecular formula is C21H20BrN5OS. The normalized spacial score (nSPS) is 11.4. The summed E-state index contributed by atoms with van der Waals surface area (Å²) in [6, 6.07) is 10.0. The van der Waals surface area contributed by atoms with Crippen molar-refractivity contribution in [1.29, 1.82) is 0 Å². The van der Waals surface area contributed by atoms with Crippen LogP contribution in [0.4, 0.5) is 5.13 Å². The fourth-order valence-electron chi connectivity index (χ4n) is 3.16. The lowest BCUT2D eigenvalue weighted by atomic mass is 10.1. The molecular weight excluding hydrogens is 450 g/mol. The molecule has 0 spiro atoms. The van der Waals surface area contributed by atoms with Crippen LogP contribution < -0.4 is 5.32 Å². The topological polar surface area (TPSA) is 72.7 Å².